The highest BCUT2D eigenvalue weighted by Crippen LogP contribution is 2.37. The van der Waals surface area contributed by atoms with Crippen molar-refractivity contribution in [1.29, 1.82) is 0 Å². The average Bonchev–Trinajstić information content (AvgIpc) is 3.49. The fourth-order valence-corrected chi connectivity index (χ4v) is 5.23. The standard InChI is InChI=1S/C25H25N7O2S/c1-31-6-5-21(20(33)12-31)34-22-8-15(16-10-29-32(2)11-16)7-19-24(22)25(27-13-26-19)30-17-3-4-18-23(9-17)35-14-28-18/h3-4,7-11,13-14,20-21,33H,5-6,12H2,1-2H3,(H,26,27,30)/t20-,21?/m0/s1. The molecule has 6 rings (SSSR count). The van der Waals surface area contributed by atoms with Gasteiger partial charge in [-0.1, -0.05) is 0 Å². The first kappa shape index (κ1) is 21.9. The molecule has 9 nitrogen and oxygen atoms in total. The lowest BCUT2D eigenvalue weighted by Crippen LogP contribution is -2.47. The quantitative estimate of drug-likeness (QED) is 0.386. The van der Waals surface area contributed by atoms with Gasteiger partial charge in [0.05, 0.1) is 32.8 Å². The van der Waals surface area contributed by atoms with Gasteiger partial charge in [0, 0.05) is 37.6 Å². The molecule has 1 fully saturated rings. The number of anilines is 2. The number of rotatable bonds is 5. The Morgan fingerprint density at radius 3 is 2.83 bits per heavy atom. The van der Waals surface area contributed by atoms with E-state index in [9.17, 15) is 5.11 Å². The molecular weight excluding hydrogens is 462 g/mol. The Balaban J connectivity index is 1.45. The van der Waals surface area contributed by atoms with Crippen molar-refractivity contribution in [1.82, 2.24) is 29.6 Å². The van der Waals surface area contributed by atoms with Crippen molar-refractivity contribution in [2.45, 2.75) is 18.6 Å². The van der Waals surface area contributed by atoms with Crippen molar-refractivity contribution in [3.05, 3.63) is 54.6 Å². The van der Waals surface area contributed by atoms with E-state index < -0.39 is 6.10 Å². The van der Waals surface area contributed by atoms with Crippen molar-refractivity contribution in [2.24, 2.45) is 7.05 Å². The molecule has 10 heteroatoms. The van der Waals surface area contributed by atoms with Crippen LogP contribution < -0.4 is 10.1 Å². The third-order valence-corrected chi connectivity index (χ3v) is 7.13. The van der Waals surface area contributed by atoms with Gasteiger partial charge in [-0.3, -0.25) is 4.68 Å². The number of aromatic nitrogens is 5. The summed E-state index contributed by atoms with van der Waals surface area (Å²) < 4.78 is 9.37. The summed E-state index contributed by atoms with van der Waals surface area (Å²) >= 11 is 1.60. The van der Waals surface area contributed by atoms with Gasteiger partial charge in [0.1, 0.15) is 30.1 Å². The van der Waals surface area contributed by atoms with Crippen molar-refractivity contribution >= 4 is 44.0 Å². The summed E-state index contributed by atoms with van der Waals surface area (Å²) in [6.07, 6.45) is 5.16. The highest BCUT2D eigenvalue weighted by molar-refractivity contribution is 7.16. The number of fused-ring (bicyclic) bond motifs is 2. The van der Waals surface area contributed by atoms with Crippen LogP contribution in [0.2, 0.25) is 0 Å². The fraction of sp³-hybridized carbons (Fsp3) is 0.280. The second kappa shape index (κ2) is 8.88. The number of hydrogen-bond acceptors (Lipinski definition) is 9. The van der Waals surface area contributed by atoms with Crippen LogP contribution in [0.3, 0.4) is 0 Å². The molecule has 2 N–H and O–H groups in total. The third kappa shape index (κ3) is 4.31. The predicted octanol–water partition coefficient (Wildman–Crippen LogP) is 3.83. The van der Waals surface area contributed by atoms with E-state index in [1.165, 1.54) is 0 Å². The normalized spacial score (nSPS) is 18.8. The molecule has 3 aromatic heterocycles. The first-order chi connectivity index (χ1) is 17.0. The van der Waals surface area contributed by atoms with Crippen molar-refractivity contribution in [3.63, 3.8) is 0 Å². The summed E-state index contributed by atoms with van der Waals surface area (Å²) in [5.41, 5.74) is 6.37. The summed E-state index contributed by atoms with van der Waals surface area (Å²) in [5.74, 6) is 1.28. The molecule has 2 atom stereocenters. The Morgan fingerprint density at radius 1 is 1.09 bits per heavy atom. The van der Waals surface area contributed by atoms with Crippen LogP contribution in [0.15, 0.2) is 54.6 Å². The summed E-state index contributed by atoms with van der Waals surface area (Å²) in [5, 5.41) is 19.3. The van der Waals surface area contributed by atoms with Gasteiger partial charge in [-0.15, -0.1) is 11.3 Å². The van der Waals surface area contributed by atoms with Gasteiger partial charge >= 0.3 is 0 Å². The topological polar surface area (TPSA) is 101 Å². The number of aryl methyl sites for hydroxylation is 1. The molecule has 0 bridgehead atoms. The number of hydrogen-bond donors (Lipinski definition) is 2. The molecule has 1 aliphatic rings. The molecule has 0 saturated carbocycles. The second-order valence-corrected chi connectivity index (χ2v) is 9.81. The molecular formula is C25H25N7O2S. The van der Waals surface area contributed by atoms with Crippen molar-refractivity contribution in [2.75, 3.05) is 25.5 Å². The SMILES string of the molecule is CN1CCC(Oc2cc(-c3cnn(C)c3)cc3ncnc(Nc4ccc5ncsc5c4)c23)[C@@H](O)C1. The van der Waals surface area contributed by atoms with E-state index in [1.807, 2.05) is 56.3 Å². The predicted molar refractivity (Wildman–Crippen MR) is 137 cm³/mol. The second-order valence-electron chi connectivity index (χ2n) is 8.93. The molecule has 1 aliphatic heterocycles. The summed E-state index contributed by atoms with van der Waals surface area (Å²) in [6, 6.07) is 10.0. The van der Waals surface area contributed by atoms with E-state index in [-0.39, 0.29) is 6.10 Å². The number of likely N-dealkylation sites (N-methyl/N-ethyl adjacent to an activating group) is 1. The van der Waals surface area contributed by atoms with Gasteiger partial charge in [-0.25, -0.2) is 15.0 Å². The maximum Gasteiger partial charge on any atom is 0.145 e. The molecule has 2 aromatic carbocycles. The largest absolute Gasteiger partial charge is 0.487 e. The van der Waals surface area contributed by atoms with Crippen LogP contribution in [0.5, 0.6) is 5.75 Å². The summed E-state index contributed by atoms with van der Waals surface area (Å²) in [4.78, 5) is 15.6. The lowest BCUT2D eigenvalue weighted by Gasteiger charge is -2.34. The number of aliphatic hydroxyl groups is 1. The molecule has 178 valence electrons. The van der Waals surface area contributed by atoms with Crippen LogP contribution in [-0.4, -0.2) is 67.1 Å². The van der Waals surface area contributed by atoms with Gasteiger partial charge in [0.15, 0.2) is 0 Å². The number of benzene rings is 2. The fourth-order valence-electron chi connectivity index (χ4n) is 4.52. The van der Waals surface area contributed by atoms with Gasteiger partial charge in [-0.2, -0.15) is 5.10 Å². The first-order valence-electron chi connectivity index (χ1n) is 11.4. The number of nitrogens with one attached hydrogen (secondary N) is 1. The Labute approximate surface area is 206 Å². The number of aliphatic hydroxyl groups excluding tert-OH is 1. The van der Waals surface area contributed by atoms with E-state index in [1.54, 1.807) is 22.3 Å². The molecule has 0 amide bonds. The minimum absolute atomic E-state index is 0.319. The number of nitrogens with zero attached hydrogens (tertiary/aromatic N) is 6. The van der Waals surface area contributed by atoms with E-state index in [4.69, 9.17) is 4.74 Å². The number of ether oxygens (including phenoxy) is 1. The molecule has 0 spiro atoms. The van der Waals surface area contributed by atoms with E-state index in [0.717, 1.165) is 50.9 Å². The van der Waals surface area contributed by atoms with Crippen LogP contribution in [-0.2, 0) is 7.05 Å². The minimum atomic E-state index is -0.583. The Kier molecular flexibility index (Phi) is 5.56. The van der Waals surface area contributed by atoms with Crippen LogP contribution in [0, 0.1) is 0 Å². The Morgan fingerprint density at radius 2 is 2.00 bits per heavy atom. The molecule has 4 heterocycles. The number of β-amino-alcohol motifs (C(OH)–C–C–N with tert-alkyl or cyclic N) is 1. The minimum Gasteiger partial charge on any atom is -0.487 e. The molecule has 1 saturated heterocycles. The summed E-state index contributed by atoms with van der Waals surface area (Å²) in [6.45, 7) is 1.43. The maximum absolute atomic E-state index is 10.7. The van der Waals surface area contributed by atoms with Gasteiger partial charge < -0.3 is 20.1 Å². The van der Waals surface area contributed by atoms with Gasteiger partial charge in [0.25, 0.3) is 0 Å². The van der Waals surface area contributed by atoms with E-state index in [2.05, 4.69) is 36.3 Å². The first-order valence-corrected chi connectivity index (χ1v) is 12.3. The zero-order chi connectivity index (χ0) is 23.9. The third-order valence-electron chi connectivity index (χ3n) is 6.34. The molecule has 35 heavy (non-hydrogen) atoms. The Hall–Kier alpha value is -3.60. The Bertz CT molecular complexity index is 1510. The van der Waals surface area contributed by atoms with E-state index >= 15 is 0 Å². The smallest absolute Gasteiger partial charge is 0.145 e. The zero-order valence-corrected chi connectivity index (χ0v) is 20.2. The van der Waals surface area contributed by atoms with Gasteiger partial charge in [-0.05, 0) is 49.4 Å². The lowest BCUT2D eigenvalue weighted by atomic mass is 10.0. The number of likely N-dealkylation sites (tertiary alicyclic amines) is 1. The molecule has 5 aromatic rings. The van der Waals surface area contributed by atoms with Crippen molar-refractivity contribution < 1.29 is 9.84 Å². The number of thiazole rings is 1. The maximum atomic E-state index is 10.7. The monoisotopic (exact) mass is 487 g/mol. The van der Waals surface area contributed by atoms with Crippen LogP contribution in [0.25, 0.3) is 32.2 Å². The van der Waals surface area contributed by atoms with Crippen LogP contribution in [0.1, 0.15) is 6.42 Å². The van der Waals surface area contributed by atoms with Gasteiger partial charge in [0.2, 0.25) is 0 Å². The lowest BCUT2D eigenvalue weighted by molar-refractivity contribution is -0.0175. The highest BCUT2D eigenvalue weighted by Gasteiger charge is 2.29. The zero-order valence-electron chi connectivity index (χ0n) is 19.4. The molecule has 0 radical (unpaired) electrons. The average molecular weight is 488 g/mol. The van der Waals surface area contributed by atoms with Crippen molar-refractivity contribution in [3.8, 4) is 16.9 Å². The molecule has 0 aliphatic carbocycles. The highest BCUT2D eigenvalue weighted by atomic mass is 32.1. The number of piperidine rings is 1. The van der Waals surface area contributed by atoms with Crippen LogP contribution in [0.4, 0.5) is 11.5 Å². The summed E-state index contributed by atoms with van der Waals surface area (Å²) in [7, 11) is 3.90. The molecule has 1 unspecified atom stereocenters. The van der Waals surface area contributed by atoms with Crippen LogP contribution >= 0.6 is 11.3 Å². The van der Waals surface area contributed by atoms with E-state index in [0.29, 0.717) is 18.1 Å².